The monoisotopic (exact) mass is 282 g/mol. The normalized spacial score (nSPS) is 26.9. The summed E-state index contributed by atoms with van der Waals surface area (Å²) < 4.78 is 0. The van der Waals surface area contributed by atoms with Gasteiger partial charge in [0.05, 0.1) is 0 Å². The van der Waals surface area contributed by atoms with E-state index in [1.54, 1.807) is 0 Å². The van der Waals surface area contributed by atoms with Gasteiger partial charge in [-0.2, -0.15) is 0 Å². The molecular weight excluding hydrogens is 256 g/mol. The number of halogens is 1. The zero-order valence-corrected chi connectivity index (χ0v) is 13.0. The number of benzene rings is 1. The Morgan fingerprint density at radius 3 is 2.63 bits per heavy atom. The molecule has 0 saturated carbocycles. The van der Waals surface area contributed by atoms with Gasteiger partial charge in [-0.3, -0.25) is 0 Å². The van der Waals surface area contributed by atoms with Gasteiger partial charge in [-0.25, -0.2) is 0 Å². The number of nitrogens with zero attached hydrogens (tertiary/aromatic N) is 1. The number of rotatable bonds is 4. The van der Waals surface area contributed by atoms with Crippen LogP contribution < -0.4 is 10.6 Å². The lowest BCUT2D eigenvalue weighted by Crippen LogP contribution is -2.55. The predicted molar refractivity (Wildman–Crippen MR) is 86.1 cm³/mol. The fraction of sp³-hybridized carbons (Fsp3) is 0.625. The van der Waals surface area contributed by atoms with Crippen molar-refractivity contribution < 1.29 is 0 Å². The fourth-order valence-corrected chi connectivity index (χ4v) is 2.89. The molecule has 1 saturated heterocycles. The lowest BCUT2D eigenvalue weighted by molar-refractivity contribution is 0.229. The highest BCUT2D eigenvalue weighted by molar-refractivity contribution is 5.85. The zero-order chi connectivity index (χ0) is 13.0. The van der Waals surface area contributed by atoms with E-state index in [2.05, 4.69) is 49.1 Å². The molecule has 2 N–H and O–H groups in total. The van der Waals surface area contributed by atoms with Crippen molar-refractivity contribution in [3.63, 3.8) is 0 Å². The highest BCUT2D eigenvalue weighted by Gasteiger charge is 2.35. The average Bonchev–Trinajstić information content (AvgIpc) is 2.38. The largest absolute Gasteiger partial charge is 0.371 e. The van der Waals surface area contributed by atoms with Crippen molar-refractivity contribution in [2.45, 2.75) is 45.1 Å². The van der Waals surface area contributed by atoms with Crippen LogP contribution in [0.3, 0.4) is 0 Å². The van der Waals surface area contributed by atoms with Crippen LogP contribution in [-0.4, -0.2) is 18.6 Å². The number of hydrogen-bond donors (Lipinski definition) is 1. The number of anilines is 1. The van der Waals surface area contributed by atoms with Crippen LogP contribution in [0.1, 0.15) is 39.5 Å². The summed E-state index contributed by atoms with van der Waals surface area (Å²) in [5.41, 5.74) is 7.83. The van der Waals surface area contributed by atoms with Gasteiger partial charge in [-0.15, -0.1) is 12.4 Å². The molecule has 108 valence electrons. The van der Waals surface area contributed by atoms with Gasteiger partial charge >= 0.3 is 0 Å². The molecule has 0 aliphatic carbocycles. The third-order valence-corrected chi connectivity index (χ3v) is 4.32. The van der Waals surface area contributed by atoms with Crippen LogP contribution in [0.25, 0.3) is 0 Å². The Bertz CT molecular complexity index is 364. The van der Waals surface area contributed by atoms with Crippen molar-refractivity contribution in [2.75, 3.05) is 18.0 Å². The van der Waals surface area contributed by atoms with Crippen LogP contribution in [0.2, 0.25) is 0 Å². The predicted octanol–water partition coefficient (Wildman–Crippen LogP) is 3.84. The molecule has 1 heterocycles. The van der Waals surface area contributed by atoms with Gasteiger partial charge in [-0.1, -0.05) is 38.0 Å². The van der Waals surface area contributed by atoms with E-state index >= 15 is 0 Å². The van der Waals surface area contributed by atoms with Crippen LogP contribution in [0.4, 0.5) is 5.69 Å². The summed E-state index contributed by atoms with van der Waals surface area (Å²) in [6.45, 7) is 6.68. The Balaban J connectivity index is 0.00000180. The number of nitrogens with two attached hydrogens (primary N) is 1. The van der Waals surface area contributed by atoms with Crippen LogP contribution in [0, 0.1) is 5.92 Å². The molecule has 1 aliphatic heterocycles. The third-order valence-electron chi connectivity index (χ3n) is 4.32. The first kappa shape index (κ1) is 16.3. The van der Waals surface area contributed by atoms with Gasteiger partial charge < -0.3 is 10.6 Å². The van der Waals surface area contributed by atoms with E-state index in [-0.39, 0.29) is 17.9 Å². The molecule has 2 unspecified atom stereocenters. The molecule has 2 atom stereocenters. The molecule has 3 heteroatoms. The van der Waals surface area contributed by atoms with Gasteiger partial charge in [0.15, 0.2) is 0 Å². The second-order valence-corrected chi connectivity index (χ2v) is 5.88. The molecule has 0 amide bonds. The van der Waals surface area contributed by atoms with E-state index in [9.17, 15) is 0 Å². The molecule has 0 spiro atoms. The minimum Gasteiger partial charge on any atom is -0.371 e. The second-order valence-electron chi connectivity index (χ2n) is 5.88. The maximum Gasteiger partial charge on any atom is 0.0366 e. The molecular formula is C16H27ClN2. The van der Waals surface area contributed by atoms with Crippen molar-refractivity contribution in [3.05, 3.63) is 30.3 Å². The maximum atomic E-state index is 6.48. The lowest BCUT2D eigenvalue weighted by Gasteiger charge is -2.45. The minimum absolute atomic E-state index is 0. The second kappa shape index (κ2) is 7.16. The first-order valence-corrected chi connectivity index (χ1v) is 7.22. The van der Waals surface area contributed by atoms with Crippen LogP contribution >= 0.6 is 12.4 Å². The number of piperidine rings is 1. The SMILES string of the molecule is CCCCC1CN(c2ccccc2)CCC1(C)N.Cl. The quantitative estimate of drug-likeness (QED) is 0.909. The van der Waals surface area contributed by atoms with Gasteiger partial charge in [-0.05, 0) is 37.8 Å². The Morgan fingerprint density at radius 2 is 2.00 bits per heavy atom. The Hall–Kier alpha value is -0.730. The number of hydrogen-bond acceptors (Lipinski definition) is 2. The summed E-state index contributed by atoms with van der Waals surface area (Å²) >= 11 is 0. The summed E-state index contributed by atoms with van der Waals surface area (Å²) in [5.74, 6) is 0.617. The molecule has 1 aromatic carbocycles. The number of para-hydroxylation sites is 1. The third kappa shape index (κ3) is 4.12. The van der Waals surface area contributed by atoms with Gasteiger partial charge in [0, 0.05) is 24.3 Å². The summed E-state index contributed by atoms with van der Waals surface area (Å²) in [5, 5.41) is 0. The summed E-state index contributed by atoms with van der Waals surface area (Å²) in [6, 6.07) is 10.7. The van der Waals surface area contributed by atoms with Gasteiger partial charge in [0.1, 0.15) is 0 Å². The first-order valence-electron chi connectivity index (χ1n) is 7.22. The molecule has 0 aromatic heterocycles. The molecule has 19 heavy (non-hydrogen) atoms. The van der Waals surface area contributed by atoms with E-state index < -0.39 is 0 Å². The summed E-state index contributed by atoms with van der Waals surface area (Å²) in [7, 11) is 0. The van der Waals surface area contributed by atoms with Crippen molar-refractivity contribution in [1.82, 2.24) is 0 Å². The zero-order valence-electron chi connectivity index (χ0n) is 12.1. The molecule has 0 radical (unpaired) electrons. The van der Waals surface area contributed by atoms with E-state index in [4.69, 9.17) is 5.73 Å². The van der Waals surface area contributed by atoms with E-state index in [0.29, 0.717) is 5.92 Å². The van der Waals surface area contributed by atoms with Crippen molar-refractivity contribution in [1.29, 1.82) is 0 Å². The molecule has 0 bridgehead atoms. The summed E-state index contributed by atoms with van der Waals surface area (Å²) in [6.07, 6.45) is 4.90. The van der Waals surface area contributed by atoms with E-state index in [1.165, 1.54) is 24.9 Å². The first-order chi connectivity index (χ1) is 8.63. The van der Waals surface area contributed by atoms with Crippen molar-refractivity contribution in [3.8, 4) is 0 Å². The standard InChI is InChI=1S/C16H26N2.ClH/c1-3-4-8-14-13-18(12-11-16(14,2)17)15-9-6-5-7-10-15;/h5-7,9-10,14H,3-4,8,11-13,17H2,1-2H3;1H. The Kier molecular flexibility index (Phi) is 6.15. The van der Waals surface area contributed by atoms with Crippen molar-refractivity contribution in [2.24, 2.45) is 11.7 Å². The lowest BCUT2D eigenvalue weighted by atomic mass is 9.77. The Labute approximate surface area is 123 Å². The van der Waals surface area contributed by atoms with Crippen LogP contribution in [0.15, 0.2) is 30.3 Å². The molecule has 2 nitrogen and oxygen atoms in total. The highest BCUT2D eigenvalue weighted by atomic mass is 35.5. The van der Waals surface area contributed by atoms with Gasteiger partial charge in [0.2, 0.25) is 0 Å². The molecule has 1 aromatic rings. The topological polar surface area (TPSA) is 29.3 Å². The molecule has 1 fully saturated rings. The molecule has 2 rings (SSSR count). The smallest absolute Gasteiger partial charge is 0.0366 e. The maximum absolute atomic E-state index is 6.48. The van der Waals surface area contributed by atoms with E-state index in [1.807, 2.05) is 0 Å². The summed E-state index contributed by atoms with van der Waals surface area (Å²) in [4.78, 5) is 2.49. The van der Waals surface area contributed by atoms with Crippen LogP contribution in [0.5, 0.6) is 0 Å². The minimum atomic E-state index is 0. The Morgan fingerprint density at radius 1 is 1.32 bits per heavy atom. The van der Waals surface area contributed by atoms with E-state index in [0.717, 1.165) is 19.5 Å². The van der Waals surface area contributed by atoms with Crippen molar-refractivity contribution >= 4 is 18.1 Å². The van der Waals surface area contributed by atoms with Gasteiger partial charge in [0.25, 0.3) is 0 Å². The number of unbranched alkanes of at least 4 members (excludes halogenated alkanes) is 1. The average molecular weight is 283 g/mol. The highest BCUT2D eigenvalue weighted by Crippen LogP contribution is 2.31. The fourth-order valence-electron chi connectivity index (χ4n) is 2.89. The van der Waals surface area contributed by atoms with Crippen LogP contribution in [-0.2, 0) is 0 Å². The molecule has 1 aliphatic rings.